The van der Waals surface area contributed by atoms with Gasteiger partial charge in [0.1, 0.15) is 0 Å². The summed E-state index contributed by atoms with van der Waals surface area (Å²) in [5, 5.41) is 4.69. The number of pyridine rings is 1. The molecule has 0 unspecified atom stereocenters. The number of benzene rings is 1. The van der Waals surface area contributed by atoms with Crippen molar-refractivity contribution in [1.29, 1.82) is 0 Å². The Morgan fingerprint density at radius 2 is 2.17 bits per heavy atom. The Bertz CT molecular complexity index is 573. The van der Waals surface area contributed by atoms with Crippen molar-refractivity contribution in [3.05, 3.63) is 30.5 Å². The minimum Gasteiger partial charge on any atom is -0.397 e. The number of fused-ring (bicyclic) bond motifs is 1. The van der Waals surface area contributed by atoms with Gasteiger partial charge in [-0.1, -0.05) is 6.92 Å². The van der Waals surface area contributed by atoms with Gasteiger partial charge >= 0.3 is 0 Å². The molecule has 3 heteroatoms. The van der Waals surface area contributed by atoms with E-state index in [1.807, 2.05) is 12.1 Å². The molecule has 1 aromatic heterocycles. The molecule has 1 aliphatic carbocycles. The van der Waals surface area contributed by atoms with E-state index in [1.165, 1.54) is 19.3 Å². The van der Waals surface area contributed by atoms with Gasteiger partial charge in [-0.15, -0.1) is 0 Å². The van der Waals surface area contributed by atoms with Crippen LogP contribution in [0.4, 0.5) is 11.4 Å². The van der Waals surface area contributed by atoms with Crippen LogP contribution in [-0.4, -0.2) is 11.5 Å². The molecule has 1 fully saturated rings. The van der Waals surface area contributed by atoms with E-state index in [0.29, 0.717) is 5.41 Å². The first kappa shape index (κ1) is 11.3. The molecule has 3 N–H and O–H groups in total. The molecule has 0 atom stereocenters. The largest absolute Gasteiger partial charge is 0.397 e. The highest BCUT2D eigenvalue weighted by Crippen LogP contribution is 2.48. The highest BCUT2D eigenvalue weighted by atomic mass is 14.9. The zero-order valence-corrected chi connectivity index (χ0v) is 10.7. The van der Waals surface area contributed by atoms with Crippen molar-refractivity contribution in [2.45, 2.75) is 26.2 Å². The smallest absolute Gasteiger partial charge is 0.0951 e. The van der Waals surface area contributed by atoms with E-state index in [9.17, 15) is 0 Å². The summed E-state index contributed by atoms with van der Waals surface area (Å²) in [4.78, 5) is 4.36. The van der Waals surface area contributed by atoms with E-state index in [2.05, 4.69) is 29.4 Å². The fraction of sp³-hybridized carbons (Fsp3) is 0.400. The van der Waals surface area contributed by atoms with Gasteiger partial charge in [-0.3, -0.25) is 4.98 Å². The summed E-state index contributed by atoms with van der Waals surface area (Å²) in [6, 6.07) is 8.03. The van der Waals surface area contributed by atoms with Gasteiger partial charge in [-0.25, -0.2) is 0 Å². The Labute approximate surface area is 107 Å². The normalized spacial score (nSPS) is 16.7. The van der Waals surface area contributed by atoms with Gasteiger partial charge in [0.25, 0.3) is 0 Å². The summed E-state index contributed by atoms with van der Waals surface area (Å²) >= 11 is 0. The maximum absolute atomic E-state index is 5.96. The molecular weight excluding hydrogens is 222 g/mol. The van der Waals surface area contributed by atoms with E-state index in [1.54, 1.807) is 6.20 Å². The Morgan fingerprint density at radius 3 is 2.89 bits per heavy atom. The summed E-state index contributed by atoms with van der Waals surface area (Å²) in [5.74, 6) is 0. The predicted octanol–water partition coefficient (Wildman–Crippen LogP) is 3.42. The number of anilines is 2. The summed E-state index contributed by atoms with van der Waals surface area (Å²) in [5.41, 5.74) is 9.27. The Hall–Kier alpha value is -1.77. The van der Waals surface area contributed by atoms with Crippen molar-refractivity contribution in [2.75, 3.05) is 17.6 Å². The van der Waals surface area contributed by atoms with Crippen molar-refractivity contribution in [1.82, 2.24) is 4.98 Å². The van der Waals surface area contributed by atoms with Crippen LogP contribution in [0, 0.1) is 5.41 Å². The highest BCUT2D eigenvalue weighted by Gasteiger charge is 2.40. The minimum absolute atomic E-state index is 0.538. The van der Waals surface area contributed by atoms with Crippen LogP contribution in [0.25, 0.3) is 10.9 Å². The summed E-state index contributed by atoms with van der Waals surface area (Å²) < 4.78 is 0. The quantitative estimate of drug-likeness (QED) is 0.806. The lowest BCUT2D eigenvalue weighted by molar-refractivity contribution is 0.522. The van der Waals surface area contributed by atoms with Crippen molar-refractivity contribution < 1.29 is 0 Å². The van der Waals surface area contributed by atoms with Crippen molar-refractivity contribution in [3.63, 3.8) is 0 Å². The molecule has 0 saturated heterocycles. The standard InChI is InChI=1S/C15H19N3/c1-2-15(7-8-15)10-18-13-6-5-12(16)14-11(13)4-3-9-17-14/h3-6,9,18H,2,7-8,10,16H2,1H3. The monoisotopic (exact) mass is 241 g/mol. The SMILES string of the molecule is CCC1(CNc2ccc(N)c3ncccc23)CC1. The van der Waals surface area contributed by atoms with Crippen LogP contribution in [0.1, 0.15) is 26.2 Å². The van der Waals surface area contributed by atoms with Crippen LogP contribution in [0.15, 0.2) is 30.5 Å². The molecule has 0 aliphatic heterocycles. The van der Waals surface area contributed by atoms with E-state index in [0.717, 1.165) is 28.8 Å². The van der Waals surface area contributed by atoms with Crippen molar-refractivity contribution >= 4 is 22.3 Å². The Morgan fingerprint density at radius 1 is 1.33 bits per heavy atom. The molecule has 2 aromatic rings. The molecule has 1 saturated carbocycles. The summed E-state index contributed by atoms with van der Waals surface area (Å²) in [6.45, 7) is 3.33. The topological polar surface area (TPSA) is 50.9 Å². The average Bonchev–Trinajstić information content (AvgIpc) is 3.19. The lowest BCUT2D eigenvalue weighted by atomic mass is 10.0. The molecule has 1 aliphatic rings. The second kappa shape index (κ2) is 4.16. The van der Waals surface area contributed by atoms with E-state index in [-0.39, 0.29) is 0 Å². The fourth-order valence-electron chi connectivity index (χ4n) is 2.46. The highest BCUT2D eigenvalue weighted by molar-refractivity contribution is 5.98. The lowest BCUT2D eigenvalue weighted by Gasteiger charge is -2.16. The van der Waals surface area contributed by atoms with Crippen LogP contribution < -0.4 is 11.1 Å². The number of nitrogens with zero attached hydrogens (tertiary/aromatic N) is 1. The van der Waals surface area contributed by atoms with Crippen molar-refractivity contribution in [3.8, 4) is 0 Å². The number of rotatable bonds is 4. The first-order valence-electron chi connectivity index (χ1n) is 6.61. The van der Waals surface area contributed by atoms with Gasteiger partial charge in [0.2, 0.25) is 0 Å². The first-order chi connectivity index (χ1) is 8.74. The molecular formula is C15H19N3. The van der Waals surface area contributed by atoms with Crippen LogP contribution in [0.2, 0.25) is 0 Å². The molecule has 94 valence electrons. The molecule has 1 heterocycles. The zero-order chi connectivity index (χ0) is 12.6. The lowest BCUT2D eigenvalue weighted by Crippen LogP contribution is -2.14. The second-order valence-electron chi connectivity index (χ2n) is 5.31. The van der Waals surface area contributed by atoms with Gasteiger partial charge in [0.05, 0.1) is 11.2 Å². The predicted molar refractivity (Wildman–Crippen MR) is 76.6 cm³/mol. The third-order valence-corrected chi connectivity index (χ3v) is 4.16. The van der Waals surface area contributed by atoms with Crippen LogP contribution in [0.5, 0.6) is 0 Å². The number of nitrogen functional groups attached to an aromatic ring is 1. The third-order valence-electron chi connectivity index (χ3n) is 4.16. The molecule has 3 rings (SSSR count). The third kappa shape index (κ3) is 1.90. The molecule has 0 bridgehead atoms. The van der Waals surface area contributed by atoms with Crippen molar-refractivity contribution in [2.24, 2.45) is 5.41 Å². The van der Waals surface area contributed by atoms with Crippen LogP contribution in [-0.2, 0) is 0 Å². The van der Waals surface area contributed by atoms with Gasteiger partial charge in [0, 0.05) is 23.8 Å². The number of hydrogen-bond donors (Lipinski definition) is 2. The first-order valence-corrected chi connectivity index (χ1v) is 6.61. The number of hydrogen-bond acceptors (Lipinski definition) is 3. The molecule has 18 heavy (non-hydrogen) atoms. The second-order valence-corrected chi connectivity index (χ2v) is 5.31. The summed E-state index contributed by atoms with van der Waals surface area (Å²) in [7, 11) is 0. The minimum atomic E-state index is 0.538. The Balaban J connectivity index is 1.90. The number of nitrogens with two attached hydrogens (primary N) is 1. The van der Waals surface area contributed by atoms with E-state index in [4.69, 9.17) is 5.73 Å². The van der Waals surface area contributed by atoms with Gasteiger partial charge in [-0.05, 0) is 48.9 Å². The van der Waals surface area contributed by atoms with Crippen LogP contribution >= 0.6 is 0 Å². The van der Waals surface area contributed by atoms with Gasteiger partial charge < -0.3 is 11.1 Å². The van der Waals surface area contributed by atoms with Gasteiger partial charge in [0.15, 0.2) is 0 Å². The Kier molecular flexibility index (Phi) is 2.62. The molecule has 0 amide bonds. The van der Waals surface area contributed by atoms with Crippen LogP contribution in [0.3, 0.4) is 0 Å². The average molecular weight is 241 g/mol. The maximum atomic E-state index is 5.96. The molecule has 3 nitrogen and oxygen atoms in total. The van der Waals surface area contributed by atoms with E-state index >= 15 is 0 Å². The zero-order valence-electron chi connectivity index (χ0n) is 10.7. The number of aromatic nitrogens is 1. The van der Waals surface area contributed by atoms with E-state index < -0.39 is 0 Å². The molecule has 0 spiro atoms. The fourth-order valence-corrected chi connectivity index (χ4v) is 2.46. The number of nitrogens with one attached hydrogen (secondary N) is 1. The molecule has 1 aromatic carbocycles. The van der Waals surface area contributed by atoms with Gasteiger partial charge in [-0.2, -0.15) is 0 Å². The summed E-state index contributed by atoms with van der Waals surface area (Å²) in [6.07, 6.45) is 5.74. The maximum Gasteiger partial charge on any atom is 0.0951 e. The molecule has 0 radical (unpaired) electrons.